The van der Waals surface area contributed by atoms with Gasteiger partial charge in [0, 0.05) is 32.2 Å². The molecule has 13 heteroatoms. The summed E-state index contributed by atoms with van der Waals surface area (Å²) in [7, 11) is -4.22. The molecule has 2 saturated heterocycles. The van der Waals surface area contributed by atoms with Crippen LogP contribution in [0.15, 0.2) is 47.4 Å². The van der Waals surface area contributed by atoms with Gasteiger partial charge in [0.2, 0.25) is 15.9 Å². The van der Waals surface area contributed by atoms with E-state index in [0.29, 0.717) is 17.0 Å². The van der Waals surface area contributed by atoms with Crippen LogP contribution in [0.5, 0.6) is 0 Å². The lowest BCUT2D eigenvalue weighted by atomic mass is 10.2. The molecule has 0 aromatic heterocycles. The smallest absolute Gasteiger partial charge is 0.289 e. The average Bonchev–Trinajstić information content (AvgIpc) is 3.07. The second kappa shape index (κ2) is 8.71. The van der Waals surface area contributed by atoms with Gasteiger partial charge in [0.25, 0.3) is 5.91 Å². The molecule has 7 nitrogen and oxygen atoms in total. The molecule has 2 aromatic rings. The van der Waals surface area contributed by atoms with Gasteiger partial charge in [-0.05, 0) is 30.3 Å². The molecule has 182 valence electrons. The number of rotatable bonds is 4. The van der Waals surface area contributed by atoms with Crippen molar-refractivity contribution in [1.82, 2.24) is 9.21 Å². The molecule has 0 spiro atoms. The maximum atomic E-state index is 14.1. The van der Waals surface area contributed by atoms with Crippen molar-refractivity contribution in [3.8, 4) is 0 Å². The first-order valence-electron chi connectivity index (χ1n) is 10.1. The maximum absolute atomic E-state index is 14.1. The Kier molecular flexibility index (Phi) is 6.21. The van der Waals surface area contributed by atoms with E-state index in [1.807, 2.05) is 0 Å². The number of anilines is 1. The second-order valence-corrected chi connectivity index (χ2v) is 9.79. The fourth-order valence-electron chi connectivity index (χ4n) is 4.05. The first-order chi connectivity index (χ1) is 15.9. The Balaban J connectivity index is 1.47. The van der Waals surface area contributed by atoms with Gasteiger partial charge in [-0.25, -0.2) is 22.1 Å². The highest BCUT2D eigenvalue weighted by Crippen LogP contribution is 2.32. The predicted octanol–water partition coefficient (Wildman–Crippen LogP) is 2.62. The number of imide groups is 1. The molecule has 1 unspecified atom stereocenters. The molecule has 2 aliphatic rings. The highest BCUT2D eigenvalue weighted by atomic mass is 32.2. The van der Waals surface area contributed by atoms with Gasteiger partial charge in [-0.15, -0.1) is 0 Å². The number of carbonyl (C=O) groups is 2. The number of amides is 2. The Bertz CT molecular complexity index is 1240. The van der Waals surface area contributed by atoms with Crippen LogP contribution < -0.4 is 4.90 Å². The molecule has 4 rings (SSSR count). The summed E-state index contributed by atoms with van der Waals surface area (Å²) in [5, 5.41) is 0. The van der Waals surface area contributed by atoms with Crippen LogP contribution in [0.4, 0.5) is 27.6 Å². The van der Waals surface area contributed by atoms with Crippen molar-refractivity contribution in [2.45, 2.75) is 23.5 Å². The van der Waals surface area contributed by atoms with Crippen LogP contribution in [-0.4, -0.2) is 61.7 Å². The summed E-state index contributed by atoms with van der Waals surface area (Å²) >= 11 is 0. The van der Waals surface area contributed by atoms with Gasteiger partial charge in [-0.3, -0.25) is 14.5 Å². The Hall–Kier alpha value is -2.90. The Morgan fingerprint density at radius 3 is 2.21 bits per heavy atom. The first kappa shape index (κ1) is 24.2. The highest BCUT2D eigenvalue weighted by Gasteiger charge is 2.45. The molecule has 2 fully saturated rings. The van der Waals surface area contributed by atoms with E-state index >= 15 is 0 Å². The van der Waals surface area contributed by atoms with Gasteiger partial charge in [-0.1, -0.05) is 6.07 Å². The zero-order chi connectivity index (χ0) is 24.8. The Morgan fingerprint density at radius 2 is 1.59 bits per heavy atom. The van der Waals surface area contributed by atoms with Crippen molar-refractivity contribution in [3.63, 3.8) is 0 Å². The maximum Gasteiger partial charge on any atom is 0.416 e. The molecule has 2 aliphatic heterocycles. The van der Waals surface area contributed by atoms with E-state index in [4.69, 9.17) is 0 Å². The van der Waals surface area contributed by atoms with Gasteiger partial charge in [0.1, 0.15) is 11.6 Å². The average molecular weight is 503 g/mol. The lowest BCUT2D eigenvalue weighted by molar-refractivity contribution is -0.137. The number of alkyl halides is 3. The highest BCUT2D eigenvalue weighted by molar-refractivity contribution is 7.89. The monoisotopic (exact) mass is 503 g/mol. The third kappa shape index (κ3) is 4.42. The molecule has 0 saturated carbocycles. The van der Waals surface area contributed by atoms with Gasteiger partial charge < -0.3 is 0 Å². The van der Waals surface area contributed by atoms with Crippen LogP contribution >= 0.6 is 0 Å². The topological polar surface area (TPSA) is 78.0 Å². The van der Waals surface area contributed by atoms with E-state index < -0.39 is 56.1 Å². The summed E-state index contributed by atoms with van der Waals surface area (Å²) in [5.41, 5.74) is -1.46. The number of sulfonamides is 1. The summed E-state index contributed by atoms with van der Waals surface area (Å²) in [4.78, 5) is 27.0. The minimum atomic E-state index is -4.70. The number of nitrogens with zero attached hydrogens (tertiary/aromatic N) is 3. The number of hydrogen-bond acceptors (Lipinski definition) is 5. The zero-order valence-electron chi connectivity index (χ0n) is 17.4. The van der Waals surface area contributed by atoms with E-state index in [9.17, 15) is 40.0 Å². The van der Waals surface area contributed by atoms with Crippen molar-refractivity contribution >= 4 is 27.5 Å². The standard InChI is InChI=1S/C21H18F5N3O4S/c22-14-4-5-17(16(23)11-14)29-19(30)12-18(20(29)31)27-6-8-28(9-7-27)34(32,33)15-3-1-2-13(10-15)21(24,25)26/h1-5,10-11,18H,6-9,12H2. The third-order valence-electron chi connectivity index (χ3n) is 5.79. The number of halogens is 5. The molecule has 2 aromatic carbocycles. The molecule has 1 atom stereocenters. The number of carbonyl (C=O) groups excluding carboxylic acids is 2. The summed E-state index contributed by atoms with van der Waals surface area (Å²) < 4.78 is 92.9. The van der Waals surface area contributed by atoms with E-state index in [2.05, 4.69) is 0 Å². The van der Waals surface area contributed by atoms with Crippen LogP contribution in [0.1, 0.15) is 12.0 Å². The van der Waals surface area contributed by atoms with Gasteiger partial charge in [0.05, 0.1) is 28.6 Å². The molecule has 0 N–H and O–H groups in total. The van der Waals surface area contributed by atoms with E-state index in [1.54, 1.807) is 4.90 Å². The summed E-state index contributed by atoms with van der Waals surface area (Å²) in [5.74, 6) is -3.33. The SMILES string of the molecule is O=C1CC(N2CCN(S(=O)(=O)c3cccc(C(F)(F)F)c3)CC2)C(=O)N1c1ccc(F)cc1F. The Morgan fingerprint density at radius 1 is 0.912 bits per heavy atom. The molecular formula is C21H18F5N3O4S. The normalized spacial score (nSPS) is 20.9. The number of benzene rings is 2. The van der Waals surface area contributed by atoms with Crippen molar-refractivity contribution in [2.24, 2.45) is 0 Å². The van der Waals surface area contributed by atoms with Crippen molar-refractivity contribution in [3.05, 3.63) is 59.7 Å². The van der Waals surface area contributed by atoms with Gasteiger partial charge >= 0.3 is 6.18 Å². The lowest BCUT2D eigenvalue weighted by Crippen LogP contribution is -2.53. The minimum Gasteiger partial charge on any atom is -0.289 e. The van der Waals surface area contributed by atoms with Crippen LogP contribution in [-0.2, 0) is 25.8 Å². The number of hydrogen-bond donors (Lipinski definition) is 0. The van der Waals surface area contributed by atoms with Crippen LogP contribution in [0.2, 0.25) is 0 Å². The van der Waals surface area contributed by atoms with Crippen molar-refractivity contribution < 1.29 is 40.0 Å². The molecule has 2 amide bonds. The Labute approximate surface area is 191 Å². The van der Waals surface area contributed by atoms with E-state index in [1.165, 1.54) is 0 Å². The van der Waals surface area contributed by atoms with Gasteiger partial charge in [-0.2, -0.15) is 17.5 Å². The van der Waals surface area contributed by atoms with Crippen LogP contribution in [0.25, 0.3) is 0 Å². The quantitative estimate of drug-likeness (QED) is 0.474. The van der Waals surface area contributed by atoms with Gasteiger partial charge in [0.15, 0.2) is 0 Å². The lowest BCUT2D eigenvalue weighted by Gasteiger charge is -2.36. The largest absolute Gasteiger partial charge is 0.416 e. The first-order valence-corrected chi connectivity index (χ1v) is 11.6. The fraction of sp³-hybridized carbons (Fsp3) is 0.333. The second-order valence-electron chi connectivity index (χ2n) is 7.85. The molecular weight excluding hydrogens is 485 g/mol. The zero-order valence-corrected chi connectivity index (χ0v) is 18.2. The summed E-state index contributed by atoms with van der Waals surface area (Å²) in [6.07, 6.45) is -4.97. The molecule has 2 heterocycles. The van der Waals surface area contributed by atoms with Crippen LogP contribution in [0, 0.1) is 11.6 Å². The molecule has 0 aliphatic carbocycles. The molecule has 0 radical (unpaired) electrons. The fourth-order valence-corrected chi connectivity index (χ4v) is 5.52. The van der Waals surface area contributed by atoms with Crippen LogP contribution in [0.3, 0.4) is 0 Å². The summed E-state index contributed by atoms with van der Waals surface area (Å²) in [6.45, 7) is -0.188. The van der Waals surface area contributed by atoms with Crippen molar-refractivity contribution in [1.29, 1.82) is 0 Å². The van der Waals surface area contributed by atoms with E-state index in [-0.39, 0.29) is 38.3 Å². The van der Waals surface area contributed by atoms with Crippen molar-refractivity contribution in [2.75, 3.05) is 31.1 Å². The van der Waals surface area contributed by atoms with E-state index in [0.717, 1.165) is 34.6 Å². The minimum absolute atomic E-state index is 0.0294. The summed E-state index contributed by atoms with van der Waals surface area (Å²) in [6, 6.07) is 4.93. The number of piperazine rings is 1. The predicted molar refractivity (Wildman–Crippen MR) is 109 cm³/mol. The molecule has 0 bridgehead atoms. The third-order valence-corrected chi connectivity index (χ3v) is 7.68. The molecule has 34 heavy (non-hydrogen) atoms.